The molecule has 0 saturated heterocycles. The number of amides is 2. The number of carbonyl (C=O) groups excluding carboxylic acids is 2. The molecule has 0 atom stereocenters. The number of nitrogens with one attached hydrogen (secondary N) is 2. The van der Waals surface area contributed by atoms with Gasteiger partial charge in [0.05, 0.1) is 0 Å². The maximum absolute atomic E-state index is 12.3. The molecule has 2 amide bonds. The zero-order chi connectivity index (χ0) is 17.7. The minimum absolute atomic E-state index is 0.649. The van der Waals surface area contributed by atoms with Gasteiger partial charge in [-0.15, -0.1) is 0 Å². The molecule has 0 bridgehead atoms. The van der Waals surface area contributed by atoms with Gasteiger partial charge >= 0.3 is 11.8 Å². The van der Waals surface area contributed by atoms with E-state index in [1.807, 2.05) is 64.1 Å². The first-order chi connectivity index (χ1) is 11.5. The van der Waals surface area contributed by atoms with Crippen LogP contribution in [-0.2, 0) is 22.4 Å². The molecule has 4 heteroatoms. The van der Waals surface area contributed by atoms with Gasteiger partial charge in [-0.3, -0.25) is 9.59 Å². The Morgan fingerprint density at radius 1 is 0.750 bits per heavy atom. The van der Waals surface area contributed by atoms with Crippen LogP contribution in [0.1, 0.15) is 36.1 Å². The fraction of sp³-hybridized carbons (Fsp3) is 0.300. The van der Waals surface area contributed by atoms with Crippen molar-refractivity contribution in [2.75, 3.05) is 10.6 Å². The quantitative estimate of drug-likeness (QED) is 0.835. The van der Waals surface area contributed by atoms with Gasteiger partial charge in [0.1, 0.15) is 0 Å². The molecule has 0 aromatic heterocycles. The van der Waals surface area contributed by atoms with Crippen LogP contribution in [0.15, 0.2) is 36.4 Å². The molecule has 0 aliphatic carbocycles. The van der Waals surface area contributed by atoms with Gasteiger partial charge in [-0.05, 0) is 48.9 Å². The lowest BCUT2D eigenvalue weighted by atomic mass is 10.1. The van der Waals surface area contributed by atoms with E-state index in [0.29, 0.717) is 0 Å². The Bertz CT molecular complexity index is 701. The number of hydrogen-bond acceptors (Lipinski definition) is 2. The molecule has 2 aromatic rings. The molecule has 2 aromatic carbocycles. The first kappa shape index (κ1) is 17.7. The van der Waals surface area contributed by atoms with Crippen molar-refractivity contribution in [3.8, 4) is 0 Å². The van der Waals surface area contributed by atoms with E-state index in [9.17, 15) is 9.59 Å². The van der Waals surface area contributed by atoms with Crippen LogP contribution in [0.3, 0.4) is 0 Å². The van der Waals surface area contributed by atoms with Gasteiger partial charge in [0.25, 0.3) is 0 Å². The van der Waals surface area contributed by atoms with Crippen LogP contribution in [0, 0.1) is 13.8 Å². The van der Waals surface area contributed by atoms with E-state index >= 15 is 0 Å². The number of carbonyl (C=O) groups is 2. The fourth-order valence-electron chi connectivity index (χ4n) is 2.74. The first-order valence-corrected chi connectivity index (χ1v) is 8.27. The molecule has 2 N–H and O–H groups in total. The molecular weight excluding hydrogens is 300 g/mol. The Labute approximate surface area is 143 Å². The topological polar surface area (TPSA) is 58.2 Å². The summed E-state index contributed by atoms with van der Waals surface area (Å²) in [7, 11) is 0. The van der Waals surface area contributed by atoms with Crippen molar-refractivity contribution >= 4 is 23.2 Å². The third-order valence-electron chi connectivity index (χ3n) is 4.16. The molecule has 0 radical (unpaired) electrons. The number of anilines is 2. The molecule has 0 unspecified atom stereocenters. The van der Waals surface area contributed by atoms with E-state index in [2.05, 4.69) is 10.6 Å². The fourth-order valence-corrected chi connectivity index (χ4v) is 2.74. The van der Waals surface area contributed by atoms with Gasteiger partial charge < -0.3 is 10.6 Å². The van der Waals surface area contributed by atoms with Gasteiger partial charge in [-0.25, -0.2) is 0 Å². The predicted octanol–water partition coefficient (Wildman–Crippen LogP) is 4.01. The van der Waals surface area contributed by atoms with Crippen molar-refractivity contribution in [2.24, 2.45) is 0 Å². The third-order valence-corrected chi connectivity index (χ3v) is 4.16. The lowest BCUT2D eigenvalue weighted by molar-refractivity contribution is -0.133. The van der Waals surface area contributed by atoms with Gasteiger partial charge in [-0.1, -0.05) is 50.2 Å². The largest absolute Gasteiger partial charge is 0.317 e. The predicted molar refractivity (Wildman–Crippen MR) is 98.4 cm³/mol. The molecule has 2 rings (SSSR count). The average molecular weight is 324 g/mol. The van der Waals surface area contributed by atoms with Crippen LogP contribution >= 0.6 is 0 Å². The maximum Gasteiger partial charge on any atom is 0.314 e. The first-order valence-electron chi connectivity index (χ1n) is 8.27. The minimum Gasteiger partial charge on any atom is -0.317 e. The average Bonchev–Trinajstić information content (AvgIpc) is 2.58. The molecule has 0 aliphatic rings. The number of aryl methyl sites for hydroxylation is 4. The summed E-state index contributed by atoms with van der Waals surface area (Å²) < 4.78 is 0. The summed E-state index contributed by atoms with van der Waals surface area (Å²) in [6.45, 7) is 7.88. The summed E-state index contributed by atoms with van der Waals surface area (Å²) in [5.41, 5.74) is 5.37. The van der Waals surface area contributed by atoms with E-state index in [1.54, 1.807) is 0 Å². The monoisotopic (exact) mass is 324 g/mol. The van der Waals surface area contributed by atoms with Crippen molar-refractivity contribution in [2.45, 2.75) is 40.5 Å². The van der Waals surface area contributed by atoms with Gasteiger partial charge in [0, 0.05) is 11.4 Å². The highest BCUT2D eigenvalue weighted by Gasteiger charge is 2.18. The second-order valence-electron chi connectivity index (χ2n) is 5.83. The molecule has 0 spiro atoms. The van der Waals surface area contributed by atoms with Gasteiger partial charge in [-0.2, -0.15) is 0 Å². The van der Waals surface area contributed by atoms with Crippen molar-refractivity contribution in [3.63, 3.8) is 0 Å². The molecule has 0 fully saturated rings. The Kier molecular flexibility index (Phi) is 5.74. The van der Waals surface area contributed by atoms with Gasteiger partial charge in [0.2, 0.25) is 0 Å². The second-order valence-corrected chi connectivity index (χ2v) is 5.83. The number of rotatable bonds is 4. The van der Waals surface area contributed by atoms with E-state index in [1.165, 1.54) is 0 Å². The van der Waals surface area contributed by atoms with E-state index in [0.717, 1.165) is 46.5 Å². The number of benzene rings is 2. The summed E-state index contributed by atoms with van der Waals surface area (Å²) in [5, 5.41) is 5.51. The molecule has 0 aliphatic heterocycles. The lowest BCUT2D eigenvalue weighted by Gasteiger charge is -2.15. The highest BCUT2D eigenvalue weighted by molar-refractivity contribution is 6.44. The highest BCUT2D eigenvalue weighted by Crippen LogP contribution is 2.23. The smallest absolute Gasteiger partial charge is 0.314 e. The van der Waals surface area contributed by atoms with Gasteiger partial charge in [0.15, 0.2) is 0 Å². The number of para-hydroxylation sites is 2. The standard InChI is InChI=1S/C20H24N2O2/c1-5-15-11-7-9-13(3)17(15)21-19(23)20(24)22-18-14(4)10-8-12-16(18)6-2/h7-12H,5-6H2,1-4H3,(H,21,23)(H,22,24). The zero-order valence-corrected chi connectivity index (χ0v) is 14.7. The third kappa shape index (κ3) is 3.82. The van der Waals surface area contributed by atoms with Crippen LogP contribution in [0.2, 0.25) is 0 Å². The Morgan fingerprint density at radius 3 is 1.46 bits per heavy atom. The normalized spacial score (nSPS) is 10.3. The second kappa shape index (κ2) is 7.77. The van der Waals surface area contributed by atoms with Crippen LogP contribution < -0.4 is 10.6 Å². The SMILES string of the molecule is CCc1cccc(C)c1NC(=O)C(=O)Nc1c(C)cccc1CC. The van der Waals surface area contributed by atoms with Crippen LogP contribution in [0.5, 0.6) is 0 Å². The highest BCUT2D eigenvalue weighted by atomic mass is 16.2. The molecule has 4 nitrogen and oxygen atoms in total. The van der Waals surface area contributed by atoms with Crippen LogP contribution in [0.25, 0.3) is 0 Å². The molecule has 0 heterocycles. The van der Waals surface area contributed by atoms with E-state index in [4.69, 9.17) is 0 Å². The van der Waals surface area contributed by atoms with Crippen molar-refractivity contribution in [3.05, 3.63) is 58.7 Å². The van der Waals surface area contributed by atoms with Crippen LogP contribution in [-0.4, -0.2) is 11.8 Å². The van der Waals surface area contributed by atoms with Crippen molar-refractivity contribution in [1.82, 2.24) is 0 Å². The molecular formula is C20H24N2O2. The van der Waals surface area contributed by atoms with E-state index < -0.39 is 11.8 Å². The maximum atomic E-state index is 12.3. The zero-order valence-electron chi connectivity index (χ0n) is 14.7. The molecule has 0 saturated carbocycles. The molecule has 126 valence electrons. The summed E-state index contributed by atoms with van der Waals surface area (Å²) in [5.74, 6) is -1.30. The van der Waals surface area contributed by atoms with Crippen LogP contribution in [0.4, 0.5) is 11.4 Å². The Morgan fingerprint density at radius 2 is 1.12 bits per heavy atom. The number of hydrogen-bond donors (Lipinski definition) is 2. The lowest BCUT2D eigenvalue weighted by Crippen LogP contribution is -2.30. The van der Waals surface area contributed by atoms with Crippen molar-refractivity contribution < 1.29 is 9.59 Å². The Hall–Kier alpha value is -2.62. The summed E-state index contributed by atoms with van der Waals surface area (Å²) in [6, 6.07) is 11.6. The van der Waals surface area contributed by atoms with E-state index in [-0.39, 0.29) is 0 Å². The summed E-state index contributed by atoms with van der Waals surface area (Å²) >= 11 is 0. The Balaban J connectivity index is 2.19. The molecule has 24 heavy (non-hydrogen) atoms. The minimum atomic E-state index is -0.649. The van der Waals surface area contributed by atoms with Crippen molar-refractivity contribution in [1.29, 1.82) is 0 Å². The summed E-state index contributed by atoms with van der Waals surface area (Å²) in [4.78, 5) is 24.6. The summed E-state index contributed by atoms with van der Waals surface area (Å²) in [6.07, 6.45) is 1.58.